The van der Waals surface area contributed by atoms with Gasteiger partial charge in [-0.3, -0.25) is 9.59 Å². The van der Waals surface area contributed by atoms with Crippen molar-refractivity contribution in [1.82, 2.24) is 5.32 Å². The smallest absolute Gasteiger partial charge is 0.223 e. The Morgan fingerprint density at radius 1 is 1.12 bits per heavy atom. The van der Waals surface area contributed by atoms with E-state index < -0.39 is 0 Å². The van der Waals surface area contributed by atoms with E-state index in [4.69, 9.17) is 9.84 Å². The Bertz CT molecular complexity index is 574. The van der Waals surface area contributed by atoms with Crippen LogP contribution in [0, 0.1) is 11.8 Å². The summed E-state index contributed by atoms with van der Waals surface area (Å²) in [6, 6.07) is 8.00. The Morgan fingerprint density at radius 3 is 2.35 bits per heavy atom. The summed E-state index contributed by atoms with van der Waals surface area (Å²) in [5.74, 6) is 0.846. The van der Waals surface area contributed by atoms with E-state index in [1.807, 2.05) is 26.0 Å². The summed E-state index contributed by atoms with van der Waals surface area (Å²) in [5, 5.41) is 11.5. The van der Waals surface area contributed by atoms with Gasteiger partial charge in [0.25, 0.3) is 0 Å². The topological polar surface area (TPSA) is 75.6 Å². The van der Waals surface area contributed by atoms with Gasteiger partial charge < -0.3 is 15.2 Å². The summed E-state index contributed by atoms with van der Waals surface area (Å²) in [6.45, 7) is 5.07. The molecule has 5 nitrogen and oxygen atoms in total. The molecule has 1 aliphatic rings. The highest BCUT2D eigenvalue weighted by Gasteiger charge is 2.27. The fraction of sp³-hybridized carbons (Fsp3) is 0.619. The first kappa shape index (κ1) is 20.6. The largest absolute Gasteiger partial charge is 0.394 e. The SMILES string of the molecule is CC(C)C(=O)c1ccc(C2CCC(C(=O)NCCOCCO)CC2)cc1. The zero-order valence-electron chi connectivity index (χ0n) is 15.9. The van der Waals surface area contributed by atoms with Gasteiger partial charge in [0, 0.05) is 23.9 Å². The van der Waals surface area contributed by atoms with Gasteiger partial charge in [-0.2, -0.15) is 0 Å². The lowest BCUT2D eigenvalue weighted by Crippen LogP contribution is -2.35. The first-order valence-electron chi connectivity index (χ1n) is 9.63. The Kier molecular flexibility index (Phi) is 8.26. The fourth-order valence-electron chi connectivity index (χ4n) is 3.50. The molecule has 1 saturated carbocycles. The molecule has 0 bridgehead atoms. The highest BCUT2D eigenvalue weighted by molar-refractivity contribution is 5.97. The van der Waals surface area contributed by atoms with Crippen LogP contribution in [0.25, 0.3) is 0 Å². The Morgan fingerprint density at radius 2 is 1.77 bits per heavy atom. The summed E-state index contributed by atoms with van der Waals surface area (Å²) in [4.78, 5) is 24.2. The molecule has 1 aromatic carbocycles. The fourth-order valence-corrected chi connectivity index (χ4v) is 3.50. The second-order valence-corrected chi connectivity index (χ2v) is 7.32. The maximum Gasteiger partial charge on any atom is 0.223 e. The first-order chi connectivity index (χ1) is 12.5. The molecule has 1 fully saturated rings. The van der Waals surface area contributed by atoms with Crippen molar-refractivity contribution in [3.8, 4) is 0 Å². The number of nitrogens with one attached hydrogen (secondary N) is 1. The van der Waals surface area contributed by atoms with Crippen LogP contribution in [0.2, 0.25) is 0 Å². The molecule has 2 N–H and O–H groups in total. The van der Waals surface area contributed by atoms with Gasteiger partial charge >= 0.3 is 0 Å². The van der Waals surface area contributed by atoms with Crippen molar-refractivity contribution in [3.63, 3.8) is 0 Å². The lowest BCUT2D eigenvalue weighted by molar-refractivity contribution is -0.126. The number of aliphatic hydroxyl groups is 1. The average molecular weight is 361 g/mol. The molecule has 0 radical (unpaired) electrons. The molecule has 0 saturated heterocycles. The molecule has 0 heterocycles. The number of aliphatic hydroxyl groups excluding tert-OH is 1. The van der Waals surface area contributed by atoms with E-state index in [-0.39, 0.29) is 30.1 Å². The minimum atomic E-state index is 0.00453. The second kappa shape index (κ2) is 10.4. The van der Waals surface area contributed by atoms with Gasteiger partial charge in [-0.1, -0.05) is 38.1 Å². The number of benzene rings is 1. The maximum absolute atomic E-state index is 12.2. The van der Waals surface area contributed by atoms with Crippen LogP contribution in [0.15, 0.2) is 24.3 Å². The van der Waals surface area contributed by atoms with E-state index in [2.05, 4.69) is 17.4 Å². The monoisotopic (exact) mass is 361 g/mol. The number of hydrogen-bond donors (Lipinski definition) is 2. The molecule has 0 unspecified atom stereocenters. The summed E-state index contributed by atoms with van der Waals surface area (Å²) >= 11 is 0. The summed E-state index contributed by atoms with van der Waals surface area (Å²) in [7, 11) is 0. The van der Waals surface area contributed by atoms with Crippen LogP contribution in [0.5, 0.6) is 0 Å². The second-order valence-electron chi connectivity index (χ2n) is 7.32. The van der Waals surface area contributed by atoms with Crippen molar-refractivity contribution >= 4 is 11.7 Å². The van der Waals surface area contributed by atoms with Gasteiger partial charge in [-0.25, -0.2) is 0 Å². The van der Waals surface area contributed by atoms with Crippen molar-refractivity contribution in [1.29, 1.82) is 0 Å². The van der Waals surface area contributed by atoms with Crippen molar-refractivity contribution < 1.29 is 19.4 Å². The molecule has 1 amide bonds. The van der Waals surface area contributed by atoms with Gasteiger partial charge in [0.15, 0.2) is 5.78 Å². The third kappa shape index (κ3) is 5.92. The number of hydrogen-bond acceptors (Lipinski definition) is 4. The van der Waals surface area contributed by atoms with Crippen LogP contribution < -0.4 is 5.32 Å². The van der Waals surface area contributed by atoms with E-state index in [0.717, 1.165) is 31.2 Å². The van der Waals surface area contributed by atoms with Crippen molar-refractivity contribution in [3.05, 3.63) is 35.4 Å². The zero-order chi connectivity index (χ0) is 18.9. The standard InChI is InChI=1S/C21H31NO4/c1-15(2)20(24)18-7-3-16(4-8-18)17-5-9-19(10-6-17)21(25)22-11-13-26-14-12-23/h3-4,7-8,15,17,19,23H,5-6,9-14H2,1-2H3,(H,22,25). The van der Waals surface area contributed by atoms with E-state index >= 15 is 0 Å². The number of amides is 1. The molecule has 0 aliphatic heterocycles. The number of rotatable bonds is 9. The first-order valence-corrected chi connectivity index (χ1v) is 9.63. The Balaban J connectivity index is 1.77. The molecule has 1 aromatic rings. The van der Waals surface area contributed by atoms with E-state index in [0.29, 0.717) is 25.7 Å². The maximum atomic E-state index is 12.2. The molecule has 2 rings (SSSR count). The van der Waals surface area contributed by atoms with Crippen LogP contribution in [-0.4, -0.2) is 43.2 Å². The van der Waals surface area contributed by atoms with Crippen molar-refractivity contribution in [2.75, 3.05) is 26.4 Å². The van der Waals surface area contributed by atoms with Gasteiger partial charge in [0.2, 0.25) is 5.91 Å². The molecule has 0 spiro atoms. The zero-order valence-corrected chi connectivity index (χ0v) is 15.9. The van der Waals surface area contributed by atoms with E-state index in [1.54, 1.807) is 0 Å². The normalized spacial score (nSPS) is 20.2. The highest BCUT2D eigenvalue weighted by atomic mass is 16.5. The average Bonchev–Trinajstić information content (AvgIpc) is 2.67. The van der Waals surface area contributed by atoms with Crippen molar-refractivity contribution in [2.45, 2.75) is 45.4 Å². The number of carbonyl (C=O) groups is 2. The predicted molar refractivity (Wildman–Crippen MR) is 101 cm³/mol. The molecule has 0 atom stereocenters. The lowest BCUT2D eigenvalue weighted by Gasteiger charge is -2.28. The minimum absolute atomic E-state index is 0.00453. The Labute approximate surface area is 156 Å². The van der Waals surface area contributed by atoms with Gasteiger partial charge in [-0.05, 0) is 37.2 Å². The molecule has 144 valence electrons. The summed E-state index contributed by atoms with van der Waals surface area (Å²) < 4.78 is 5.15. The predicted octanol–water partition coefficient (Wildman–Crippen LogP) is 2.92. The summed E-state index contributed by atoms with van der Waals surface area (Å²) in [5.41, 5.74) is 2.04. The number of ether oxygens (including phenoxy) is 1. The number of carbonyl (C=O) groups excluding carboxylic acids is 2. The lowest BCUT2D eigenvalue weighted by atomic mass is 9.78. The molecule has 1 aliphatic carbocycles. The van der Waals surface area contributed by atoms with Crippen LogP contribution in [0.3, 0.4) is 0 Å². The van der Waals surface area contributed by atoms with Gasteiger partial charge in [0.05, 0.1) is 19.8 Å². The highest BCUT2D eigenvalue weighted by Crippen LogP contribution is 2.36. The third-order valence-corrected chi connectivity index (χ3v) is 5.07. The van der Waals surface area contributed by atoms with Gasteiger partial charge in [0.1, 0.15) is 0 Å². The van der Waals surface area contributed by atoms with E-state index in [1.165, 1.54) is 5.56 Å². The molecular weight excluding hydrogens is 330 g/mol. The van der Waals surface area contributed by atoms with Crippen LogP contribution >= 0.6 is 0 Å². The number of Topliss-reactive ketones (excluding diaryl/α,β-unsaturated/α-hetero) is 1. The third-order valence-electron chi connectivity index (χ3n) is 5.07. The molecule has 5 heteroatoms. The quantitative estimate of drug-likeness (QED) is 0.524. The van der Waals surface area contributed by atoms with Crippen LogP contribution in [0.4, 0.5) is 0 Å². The molecule has 0 aromatic heterocycles. The van der Waals surface area contributed by atoms with Crippen molar-refractivity contribution in [2.24, 2.45) is 11.8 Å². The molecule has 26 heavy (non-hydrogen) atoms. The number of ketones is 1. The van der Waals surface area contributed by atoms with Crippen LogP contribution in [-0.2, 0) is 9.53 Å². The van der Waals surface area contributed by atoms with E-state index in [9.17, 15) is 9.59 Å². The van der Waals surface area contributed by atoms with Crippen LogP contribution in [0.1, 0.15) is 61.4 Å². The minimum Gasteiger partial charge on any atom is -0.394 e. The molecular formula is C21H31NO4. The van der Waals surface area contributed by atoms with Gasteiger partial charge in [-0.15, -0.1) is 0 Å². The Hall–Kier alpha value is -1.72. The summed E-state index contributed by atoms with van der Waals surface area (Å²) in [6.07, 6.45) is 3.77.